The monoisotopic (exact) mass is 307 g/mol. The van der Waals surface area contributed by atoms with Gasteiger partial charge in [-0.05, 0) is 37.5 Å². The van der Waals surface area contributed by atoms with Crippen LogP contribution >= 0.6 is 0 Å². The predicted octanol–water partition coefficient (Wildman–Crippen LogP) is 3.06. The predicted molar refractivity (Wildman–Crippen MR) is 80.6 cm³/mol. The molecule has 1 aromatic rings. The van der Waals surface area contributed by atoms with E-state index in [9.17, 15) is 9.18 Å². The quantitative estimate of drug-likeness (QED) is 0.933. The number of ether oxygens (including phenoxy) is 2. The number of benzene rings is 1. The summed E-state index contributed by atoms with van der Waals surface area (Å²) >= 11 is 0. The summed E-state index contributed by atoms with van der Waals surface area (Å²) in [6.45, 7) is 0.531. The average Bonchev–Trinajstić information content (AvgIpc) is 2.90. The Balaban J connectivity index is 1.66. The number of hydrogen-bond acceptors (Lipinski definition) is 3. The molecule has 1 saturated heterocycles. The molecule has 5 heteroatoms. The molecule has 22 heavy (non-hydrogen) atoms. The standard InChI is InChI=1S/C17H22FNO3/c1-21-15-6-5-12(18)9-14(15)16(20)19-13-10-17(22-11-13)7-3-2-4-8-17/h5-6,9,13H,2-4,7-8,10-11H2,1H3,(H,19,20)/t13-/m0/s1. The minimum Gasteiger partial charge on any atom is -0.496 e. The zero-order valence-electron chi connectivity index (χ0n) is 12.9. The van der Waals surface area contributed by atoms with E-state index in [1.165, 1.54) is 44.6 Å². The normalized spacial score (nSPS) is 23.5. The third-order valence-electron chi connectivity index (χ3n) is 4.72. The van der Waals surface area contributed by atoms with E-state index in [1.807, 2.05) is 0 Å². The average molecular weight is 307 g/mol. The highest BCUT2D eigenvalue weighted by atomic mass is 19.1. The van der Waals surface area contributed by atoms with Gasteiger partial charge in [-0.25, -0.2) is 4.39 Å². The number of carbonyl (C=O) groups is 1. The van der Waals surface area contributed by atoms with Gasteiger partial charge in [-0.15, -0.1) is 0 Å². The van der Waals surface area contributed by atoms with E-state index in [4.69, 9.17) is 9.47 Å². The summed E-state index contributed by atoms with van der Waals surface area (Å²) < 4.78 is 24.5. The van der Waals surface area contributed by atoms with E-state index in [0.717, 1.165) is 19.3 Å². The third kappa shape index (κ3) is 3.09. The molecule has 0 bridgehead atoms. The van der Waals surface area contributed by atoms with Crippen LogP contribution in [0.25, 0.3) is 0 Å². The molecule has 4 nitrogen and oxygen atoms in total. The van der Waals surface area contributed by atoms with Crippen LogP contribution in [0.1, 0.15) is 48.9 Å². The van der Waals surface area contributed by atoms with Gasteiger partial charge in [0.2, 0.25) is 0 Å². The van der Waals surface area contributed by atoms with Gasteiger partial charge in [-0.2, -0.15) is 0 Å². The molecule has 1 spiro atoms. The molecular weight excluding hydrogens is 285 g/mol. The first-order valence-electron chi connectivity index (χ1n) is 7.90. The summed E-state index contributed by atoms with van der Waals surface area (Å²) in [5, 5.41) is 2.96. The molecule has 1 aliphatic carbocycles. The second-order valence-electron chi connectivity index (χ2n) is 6.27. The van der Waals surface area contributed by atoms with Gasteiger partial charge in [-0.1, -0.05) is 19.3 Å². The van der Waals surface area contributed by atoms with Crippen molar-refractivity contribution in [3.05, 3.63) is 29.6 Å². The molecule has 120 valence electrons. The highest BCUT2D eigenvalue weighted by molar-refractivity contribution is 5.97. The van der Waals surface area contributed by atoms with Crippen LogP contribution in [0, 0.1) is 5.82 Å². The third-order valence-corrected chi connectivity index (χ3v) is 4.72. The zero-order valence-corrected chi connectivity index (χ0v) is 12.9. The molecule has 1 amide bonds. The highest BCUT2D eigenvalue weighted by Gasteiger charge is 2.41. The number of amides is 1. The summed E-state index contributed by atoms with van der Waals surface area (Å²) in [6, 6.07) is 3.95. The van der Waals surface area contributed by atoms with Crippen molar-refractivity contribution in [2.75, 3.05) is 13.7 Å². The van der Waals surface area contributed by atoms with Crippen LogP contribution in [0.4, 0.5) is 4.39 Å². The van der Waals surface area contributed by atoms with Gasteiger partial charge < -0.3 is 14.8 Å². The Hall–Kier alpha value is -1.62. The van der Waals surface area contributed by atoms with E-state index in [-0.39, 0.29) is 23.1 Å². The van der Waals surface area contributed by atoms with Crippen LogP contribution in [0.5, 0.6) is 5.75 Å². The fraction of sp³-hybridized carbons (Fsp3) is 0.588. The Kier molecular flexibility index (Phi) is 4.34. The van der Waals surface area contributed by atoms with E-state index in [0.29, 0.717) is 12.4 Å². The molecular formula is C17H22FNO3. The first kappa shape index (κ1) is 15.3. The molecule has 0 radical (unpaired) electrons. The molecule has 0 unspecified atom stereocenters. The highest BCUT2D eigenvalue weighted by Crippen LogP contribution is 2.39. The van der Waals surface area contributed by atoms with Crippen LogP contribution in [0.15, 0.2) is 18.2 Å². The van der Waals surface area contributed by atoms with Crippen LogP contribution in [-0.4, -0.2) is 31.3 Å². The first-order valence-corrected chi connectivity index (χ1v) is 7.90. The number of halogens is 1. The van der Waals surface area contributed by atoms with Gasteiger partial charge in [0.05, 0.1) is 30.9 Å². The van der Waals surface area contributed by atoms with Crippen LogP contribution in [-0.2, 0) is 4.74 Å². The smallest absolute Gasteiger partial charge is 0.255 e. The van der Waals surface area contributed by atoms with Crippen LogP contribution < -0.4 is 10.1 Å². The molecule has 3 rings (SSSR count). The van der Waals surface area contributed by atoms with Gasteiger partial charge >= 0.3 is 0 Å². The molecule has 2 aliphatic rings. The molecule has 1 aromatic carbocycles. The topological polar surface area (TPSA) is 47.6 Å². The maximum absolute atomic E-state index is 13.4. The van der Waals surface area contributed by atoms with Gasteiger partial charge in [0.1, 0.15) is 11.6 Å². The Bertz CT molecular complexity index is 555. The Morgan fingerprint density at radius 2 is 2.14 bits per heavy atom. The van der Waals surface area contributed by atoms with Crippen molar-refractivity contribution in [2.24, 2.45) is 0 Å². The fourth-order valence-electron chi connectivity index (χ4n) is 3.60. The zero-order chi connectivity index (χ0) is 15.6. The molecule has 1 aliphatic heterocycles. The van der Waals surface area contributed by atoms with Gasteiger partial charge in [0, 0.05) is 0 Å². The number of hydrogen-bond donors (Lipinski definition) is 1. The lowest BCUT2D eigenvalue weighted by atomic mass is 9.82. The molecule has 0 aromatic heterocycles. The number of methoxy groups -OCH3 is 1. The van der Waals surface area contributed by atoms with Crippen molar-refractivity contribution in [1.82, 2.24) is 5.32 Å². The van der Waals surface area contributed by atoms with Crippen LogP contribution in [0.3, 0.4) is 0 Å². The summed E-state index contributed by atoms with van der Waals surface area (Å²) in [5.74, 6) is -0.375. The van der Waals surface area contributed by atoms with E-state index in [2.05, 4.69) is 5.32 Å². The minimum absolute atomic E-state index is 0.0152. The van der Waals surface area contributed by atoms with Crippen molar-refractivity contribution >= 4 is 5.91 Å². The van der Waals surface area contributed by atoms with Crippen molar-refractivity contribution in [3.63, 3.8) is 0 Å². The van der Waals surface area contributed by atoms with Crippen molar-refractivity contribution in [1.29, 1.82) is 0 Å². The number of nitrogens with one attached hydrogen (secondary N) is 1. The molecule has 1 atom stereocenters. The number of rotatable bonds is 3. The molecule has 1 heterocycles. The maximum atomic E-state index is 13.4. The fourth-order valence-corrected chi connectivity index (χ4v) is 3.60. The minimum atomic E-state index is -0.447. The molecule has 1 N–H and O–H groups in total. The van der Waals surface area contributed by atoms with E-state index < -0.39 is 5.82 Å². The second-order valence-corrected chi connectivity index (χ2v) is 6.27. The van der Waals surface area contributed by atoms with Gasteiger partial charge in [-0.3, -0.25) is 4.79 Å². The van der Waals surface area contributed by atoms with Crippen molar-refractivity contribution in [3.8, 4) is 5.75 Å². The molecule has 2 fully saturated rings. The second kappa shape index (κ2) is 6.24. The van der Waals surface area contributed by atoms with Crippen LogP contribution in [0.2, 0.25) is 0 Å². The SMILES string of the molecule is COc1ccc(F)cc1C(=O)N[C@@H]1COC2(CCCCC2)C1. The lowest BCUT2D eigenvalue weighted by Gasteiger charge is -2.32. The first-order chi connectivity index (χ1) is 10.6. The Morgan fingerprint density at radius 3 is 2.86 bits per heavy atom. The van der Waals surface area contributed by atoms with Crippen molar-refractivity contribution < 1.29 is 18.7 Å². The largest absolute Gasteiger partial charge is 0.496 e. The van der Waals surface area contributed by atoms with Crippen molar-refractivity contribution in [2.45, 2.75) is 50.2 Å². The van der Waals surface area contributed by atoms with Gasteiger partial charge in [0.15, 0.2) is 0 Å². The lowest BCUT2D eigenvalue weighted by molar-refractivity contribution is -0.0246. The summed E-state index contributed by atoms with van der Waals surface area (Å²) in [4.78, 5) is 12.4. The maximum Gasteiger partial charge on any atom is 0.255 e. The Labute approximate surface area is 130 Å². The van der Waals surface area contributed by atoms with E-state index >= 15 is 0 Å². The van der Waals surface area contributed by atoms with Gasteiger partial charge in [0.25, 0.3) is 5.91 Å². The summed E-state index contributed by atoms with van der Waals surface area (Å²) in [7, 11) is 1.47. The summed E-state index contributed by atoms with van der Waals surface area (Å²) in [5.41, 5.74) is 0.175. The summed E-state index contributed by atoms with van der Waals surface area (Å²) in [6.07, 6.45) is 6.64. The number of carbonyl (C=O) groups excluding carboxylic acids is 1. The molecule has 1 saturated carbocycles. The lowest BCUT2D eigenvalue weighted by Crippen LogP contribution is -2.37. The Morgan fingerprint density at radius 1 is 1.36 bits per heavy atom. The van der Waals surface area contributed by atoms with E-state index in [1.54, 1.807) is 0 Å².